The highest BCUT2D eigenvalue weighted by Crippen LogP contribution is 2.29. The van der Waals surface area contributed by atoms with Crippen molar-refractivity contribution in [1.82, 2.24) is 9.55 Å². The van der Waals surface area contributed by atoms with E-state index >= 15 is 0 Å². The van der Waals surface area contributed by atoms with Crippen LogP contribution in [0.3, 0.4) is 0 Å². The molecule has 1 N–H and O–H groups in total. The summed E-state index contributed by atoms with van der Waals surface area (Å²) in [4.78, 5) is 30.0. The average molecular weight is 448 g/mol. The van der Waals surface area contributed by atoms with Crippen molar-refractivity contribution in [2.45, 2.75) is 34.2 Å². The Kier molecular flexibility index (Phi) is 6.10. The van der Waals surface area contributed by atoms with Crippen LogP contribution in [-0.4, -0.2) is 28.0 Å². The lowest BCUT2D eigenvalue weighted by Crippen LogP contribution is -2.20. The Morgan fingerprint density at radius 3 is 2.53 bits per heavy atom. The number of amides is 1. The summed E-state index contributed by atoms with van der Waals surface area (Å²) in [5.41, 5.74) is 5.98. The molecule has 0 fully saturated rings. The van der Waals surface area contributed by atoms with Crippen molar-refractivity contribution in [3.8, 4) is 11.3 Å². The van der Waals surface area contributed by atoms with Crippen LogP contribution in [0.15, 0.2) is 48.5 Å². The van der Waals surface area contributed by atoms with E-state index in [2.05, 4.69) is 10.3 Å². The van der Waals surface area contributed by atoms with E-state index in [0.717, 1.165) is 32.6 Å². The van der Waals surface area contributed by atoms with Gasteiger partial charge in [-0.2, -0.15) is 0 Å². The molecule has 4 aromatic rings. The molecule has 0 spiro atoms. The number of benzene rings is 2. The molecule has 4 rings (SSSR count). The lowest BCUT2D eigenvalue weighted by Gasteiger charge is -2.12. The topological polar surface area (TPSA) is 73.2 Å². The van der Waals surface area contributed by atoms with Crippen LogP contribution in [0, 0.1) is 20.8 Å². The van der Waals surface area contributed by atoms with Gasteiger partial charge in [0.05, 0.1) is 22.4 Å². The molecule has 7 heteroatoms. The molecule has 0 aliphatic heterocycles. The maximum absolute atomic E-state index is 13.0. The molecule has 0 saturated carbocycles. The maximum atomic E-state index is 13.0. The van der Waals surface area contributed by atoms with Crippen LogP contribution in [0.1, 0.15) is 34.1 Å². The summed E-state index contributed by atoms with van der Waals surface area (Å²) in [7, 11) is 0. The molecular weight excluding hydrogens is 422 g/mol. The molecule has 32 heavy (non-hydrogen) atoms. The summed E-state index contributed by atoms with van der Waals surface area (Å²) in [5.74, 6) is -0.594. The second kappa shape index (κ2) is 8.96. The van der Waals surface area contributed by atoms with Gasteiger partial charge in [-0.3, -0.25) is 4.79 Å². The second-order valence-electron chi connectivity index (χ2n) is 7.69. The first-order valence-corrected chi connectivity index (χ1v) is 11.3. The number of para-hydroxylation sites is 1. The fraction of sp³-hybridized carbons (Fsp3) is 0.240. The van der Waals surface area contributed by atoms with Gasteiger partial charge in [-0.15, -0.1) is 0 Å². The Labute approximate surface area is 190 Å². The van der Waals surface area contributed by atoms with Gasteiger partial charge >= 0.3 is 5.97 Å². The molecule has 0 bridgehead atoms. The van der Waals surface area contributed by atoms with Gasteiger partial charge in [0.1, 0.15) is 6.54 Å². The van der Waals surface area contributed by atoms with Crippen molar-refractivity contribution >= 4 is 38.6 Å². The summed E-state index contributed by atoms with van der Waals surface area (Å²) in [6.07, 6.45) is 0. The summed E-state index contributed by atoms with van der Waals surface area (Å²) in [5, 5.41) is 3.48. The van der Waals surface area contributed by atoms with E-state index in [9.17, 15) is 9.59 Å². The number of thiazole rings is 1. The minimum atomic E-state index is -0.390. The molecule has 0 saturated heterocycles. The summed E-state index contributed by atoms with van der Waals surface area (Å²) in [6.45, 7) is 7.98. The minimum absolute atomic E-state index is 0.0589. The largest absolute Gasteiger partial charge is 0.462 e. The highest BCUT2D eigenvalue weighted by molar-refractivity contribution is 7.22. The average Bonchev–Trinajstić information content (AvgIpc) is 3.31. The number of aryl methyl sites for hydroxylation is 2. The third kappa shape index (κ3) is 4.29. The standard InChI is InChI=1S/C25H25N3O3S/c1-5-31-24(30)19-13-20(18-11-9-15(2)10-12-18)28(17(19)4)14-22(29)26-25-27-23-16(3)7-6-8-21(23)32-25/h6-13H,5,14H2,1-4H3,(H,26,27,29). The first-order valence-electron chi connectivity index (χ1n) is 10.5. The number of carbonyl (C=O) groups is 2. The van der Waals surface area contributed by atoms with Gasteiger partial charge in [0.15, 0.2) is 5.13 Å². The van der Waals surface area contributed by atoms with Crippen molar-refractivity contribution in [1.29, 1.82) is 0 Å². The molecule has 6 nitrogen and oxygen atoms in total. The third-order valence-electron chi connectivity index (χ3n) is 5.38. The molecule has 0 aliphatic carbocycles. The molecule has 1 amide bonds. The van der Waals surface area contributed by atoms with Gasteiger partial charge in [0.2, 0.25) is 5.91 Å². The fourth-order valence-electron chi connectivity index (χ4n) is 3.67. The number of fused-ring (bicyclic) bond motifs is 1. The molecule has 0 atom stereocenters. The van der Waals surface area contributed by atoms with E-state index in [1.165, 1.54) is 11.3 Å². The van der Waals surface area contributed by atoms with Crippen molar-refractivity contribution in [3.05, 3.63) is 70.9 Å². The van der Waals surface area contributed by atoms with Gasteiger partial charge in [0, 0.05) is 11.4 Å². The van der Waals surface area contributed by atoms with Gasteiger partial charge in [-0.25, -0.2) is 9.78 Å². The van der Waals surface area contributed by atoms with Crippen LogP contribution in [0.2, 0.25) is 0 Å². The Hall–Kier alpha value is -3.45. The van der Waals surface area contributed by atoms with Crippen molar-refractivity contribution in [3.63, 3.8) is 0 Å². The molecule has 0 aliphatic rings. The summed E-state index contributed by atoms with van der Waals surface area (Å²) >= 11 is 1.45. The Morgan fingerprint density at radius 1 is 1.09 bits per heavy atom. The number of carbonyl (C=O) groups excluding carboxylic acids is 2. The zero-order valence-electron chi connectivity index (χ0n) is 18.6. The summed E-state index contributed by atoms with van der Waals surface area (Å²) < 4.78 is 8.10. The SMILES string of the molecule is CCOC(=O)c1cc(-c2ccc(C)cc2)n(CC(=O)Nc2nc3c(C)cccc3s2)c1C. The normalized spacial score (nSPS) is 11.0. The quantitative estimate of drug-likeness (QED) is 0.396. The Morgan fingerprint density at radius 2 is 1.84 bits per heavy atom. The zero-order chi connectivity index (χ0) is 22.8. The van der Waals surface area contributed by atoms with E-state index in [1.54, 1.807) is 13.0 Å². The Bertz CT molecular complexity index is 1300. The molecule has 0 unspecified atom stereocenters. The minimum Gasteiger partial charge on any atom is -0.462 e. The smallest absolute Gasteiger partial charge is 0.339 e. The van der Waals surface area contributed by atoms with Crippen LogP contribution in [0.4, 0.5) is 5.13 Å². The van der Waals surface area contributed by atoms with E-state index in [0.29, 0.717) is 23.0 Å². The number of ether oxygens (including phenoxy) is 1. The lowest BCUT2D eigenvalue weighted by atomic mass is 10.1. The number of hydrogen-bond acceptors (Lipinski definition) is 5. The first kappa shape index (κ1) is 21.8. The fourth-order valence-corrected chi connectivity index (χ4v) is 4.63. The van der Waals surface area contributed by atoms with Gasteiger partial charge in [-0.1, -0.05) is 53.3 Å². The number of rotatable bonds is 6. The van der Waals surface area contributed by atoms with Crippen molar-refractivity contribution in [2.75, 3.05) is 11.9 Å². The van der Waals surface area contributed by atoms with Crippen LogP contribution >= 0.6 is 11.3 Å². The van der Waals surface area contributed by atoms with Crippen molar-refractivity contribution < 1.29 is 14.3 Å². The highest BCUT2D eigenvalue weighted by atomic mass is 32.1. The molecule has 0 radical (unpaired) electrons. The van der Waals surface area contributed by atoms with Gasteiger partial charge in [-0.05, 0) is 51.0 Å². The maximum Gasteiger partial charge on any atom is 0.339 e. The molecule has 2 heterocycles. The van der Waals surface area contributed by atoms with Gasteiger partial charge in [0.25, 0.3) is 0 Å². The number of esters is 1. The van der Waals surface area contributed by atoms with E-state index in [-0.39, 0.29) is 18.4 Å². The van der Waals surface area contributed by atoms with Crippen LogP contribution in [0.5, 0.6) is 0 Å². The van der Waals surface area contributed by atoms with E-state index < -0.39 is 0 Å². The van der Waals surface area contributed by atoms with E-state index in [4.69, 9.17) is 4.74 Å². The predicted molar refractivity (Wildman–Crippen MR) is 128 cm³/mol. The van der Waals surface area contributed by atoms with Gasteiger partial charge < -0.3 is 14.6 Å². The predicted octanol–water partition coefficient (Wildman–Crippen LogP) is 5.51. The number of anilines is 1. The molecule has 2 aromatic carbocycles. The van der Waals surface area contributed by atoms with E-state index in [1.807, 2.05) is 67.8 Å². The van der Waals surface area contributed by atoms with Crippen molar-refractivity contribution in [2.24, 2.45) is 0 Å². The number of aromatic nitrogens is 2. The molecular formula is C25H25N3O3S. The number of nitrogens with zero attached hydrogens (tertiary/aromatic N) is 2. The summed E-state index contributed by atoms with van der Waals surface area (Å²) in [6, 6.07) is 15.8. The zero-order valence-corrected chi connectivity index (χ0v) is 19.4. The lowest BCUT2D eigenvalue weighted by molar-refractivity contribution is -0.116. The van der Waals surface area contributed by atoms with Crippen LogP contribution in [-0.2, 0) is 16.1 Å². The third-order valence-corrected chi connectivity index (χ3v) is 6.31. The highest BCUT2D eigenvalue weighted by Gasteiger charge is 2.21. The molecule has 164 valence electrons. The van der Waals surface area contributed by atoms with Crippen LogP contribution in [0.25, 0.3) is 21.5 Å². The first-order chi connectivity index (χ1) is 15.4. The number of nitrogens with one attached hydrogen (secondary N) is 1. The number of hydrogen-bond donors (Lipinski definition) is 1. The monoisotopic (exact) mass is 447 g/mol. The van der Waals surface area contributed by atoms with Crippen LogP contribution < -0.4 is 5.32 Å². The molecule has 2 aromatic heterocycles. The second-order valence-corrected chi connectivity index (χ2v) is 8.72. The Balaban J connectivity index is 1.66.